The van der Waals surface area contributed by atoms with E-state index >= 15 is 0 Å². The Morgan fingerprint density at radius 2 is 2.07 bits per heavy atom. The second-order valence-electron chi connectivity index (χ2n) is 13.4. The van der Waals surface area contributed by atoms with Crippen molar-refractivity contribution in [2.24, 2.45) is 0 Å². The number of likely N-dealkylation sites (tertiary alicyclic amines) is 1. The first-order valence-corrected chi connectivity index (χ1v) is 17.1. The van der Waals surface area contributed by atoms with Crippen LogP contribution in [0.4, 0.5) is 10.8 Å². The molecule has 46 heavy (non-hydrogen) atoms. The average Bonchev–Trinajstić information content (AvgIpc) is 3.38. The minimum Gasteiger partial charge on any atom is -0.459 e. The third-order valence-corrected chi connectivity index (χ3v) is 11.4. The van der Waals surface area contributed by atoms with Crippen molar-refractivity contribution in [1.82, 2.24) is 29.9 Å². The molecule has 1 amide bonds. The van der Waals surface area contributed by atoms with Crippen LogP contribution in [0, 0.1) is 11.3 Å². The van der Waals surface area contributed by atoms with Crippen molar-refractivity contribution in [1.29, 1.82) is 5.26 Å². The predicted molar refractivity (Wildman–Crippen MR) is 175 cm³/mol. The zero-order valence-corrected chi connectivity index (χ0v) is 27.8. The number of piperazine rings is 1. The molecule has 5 heterocycles. The number of nitrogen functional groups attached to an aromatic ring is 1. The molecule has 2 aliphatic carbocycles. The monoisotopic (exact) mass is 643 g/mol. The Morgan fingerprint density at radius 3 is 2.78 bits per heavy atom. The van der Waals surface area contributed by atoms with E-state index in [1.165, 1.54) is 11.3 Å². The van der Waals surface area contributed by atoms with Gasteiger partial charge in [-0.1, -0.05) is 11.2 Å². The molecule has 7 rings (SSSR count). The lowest BCUT2D eigenvalue weighted by Crippen LogP contribution is -2.57. The van der Waals surface area contributed by atoms with Crippen LogP contribution < -0.4 is 15.4 Å². The van der Waals surface area contributed by atoms with Crippen LogP contribution in [0.2, 0.25) is 0 Å². The Balaban J connectivity index is 1.23. The van der Waals surface area contributed by atoms with E-state index in [0.717, 1.165) is 61.9 Å². The second-order valence-corrected chi connectivity index (χ2v) is 14.5. The van der Waals surface area contributed by atoms with Crippen LogP contribution in [0.25, 0.3) is 11.5 Å². The van der Waals surface area contributed by atoms with Crippen molar-refractivity contribution in [2.45, 2.75) is 88.8 Å². The second kappa shape index (κ2) is 11.7. The lowest BCUT2D eigenvalue weighted by molar-refractivity contribution is -0.129. The van der Waals surface area contributed by atoms with Crippen molar-refractivity contribution in [2.75, 3.05) is 43.9 Å². The van der Waals surface area contributed by atoms with Crippen LogP contribution in [0.5, 0.6) is 6.01 Å². The molecule has 0 radical (unpaired) electrons. The maximum atomic E-state index is 12.9. The molecule has 2 N–H and O–H groups in total. The minimum atomic E-state index is -0.636. The third-order valence-electron chi connectivity index (χ3n) is 10.4. The van der Waals surface area contributed by atoms with E-state index in [-0.39, 0.29) is 29.6 Å². The van der Waals surface area contributed by atoms with Gasteiger partial charge in [-0.2, -0.15) is 20.2 Å². The number of amides is 1. The molecule has 242 valence electrons. The zero-order chi connectivity index (χ0) is 32.2. The van der Waals surface area contributed by atoms with Gasteiger partial charge < -0.3 is 24.8 Å². The Morgan fingerprint density at radius 1 is 1.24 bits per heavy atom. The molecule has 1 saturated carbocycles. The highest BCUT2D eigenvalue weighted by Gasteiger charge is 2.53. The number of aryl methyl sites for hydroxylation is 1. The number of aromatic nitrogens is 4. The molecular weight excluding hydrogens is 602 g/mol. The molecule has 0 aromatic carbocycles. The summed E-state index contributed by atoms with van der Waals surface area (Å²) in [5.41, 5.74) is 7.35. The van der Waals surface area contributed by atoms with Crippen molar-refractivity contribution in [3.05, 3.63) is 40.1 Å². The lowest BCUT2D eigenvalue weighted by Gasteiger charge is -2.42. The molecule has 3 fully saturated rings. The average molecular weight is 644 g/mol. The van der Waals surface area contributed by atoms with Gasteiger partial charge in [0.1, 0.15) is 28.7 Å². The van der Waals surface area contributed by atoms with Gasteiger partial charge in [0.15, 0.2) is 0 Å². The van der Waals surface area contributed by atoms with Gasteiger partial charge in [0.2, 0.25) is 17.6 Å². The molecule has 2 aliphatic heterocycles. The van der Waals surface area contributed by atoms with Crippen LogP contribution in [-0.2, 0) is 16.6 Å². The van der Waals surface area contributed by atoms with Gasteiger partial charge >= 0.3 is 6.01 Å². The number of likely N-dealkylation sites (N-methyl/N-ethyl adjacent to an activating group) is 1. The summed E-state index contributed by atoms with van der Waals surface area (Å²) in [6.07, 6.45) is 10.0. The first-order valence-electron chi connectivity index (χ1n) is 16.3. The quantitative estimate of drug-likeness (QED) is 0.367. The Labute approximate surface area is 273 Å². The highest BCUT2D eigenvalue weighted by Crippen LogP contribution is 2.49. The standard InChI is InChI=1S/C33H41N9O3S/c1-5-8-26(43)42-16-15-41(19-33(42)12-13-33)25-17-22(36-31(37-25)44-20(2)23-9-7-14-40(23)4)29-38-30(45-39-29)32(3)11-6-10-24-27(32)21(18-34)28(35)46-24/h5,8,17,20,23H,6-7,9-16,19,35H2,1-4H3/b8-5+/t20-,23-,32-/m0/s1. The van der Waals surface area contributed by atoms with Gasteiger partial charge in [-0.25, -0.2) is 0 Å². The van der Waals surface area contributed by atoms with Gasteiger partial charge in [0, 0.05) is 42.2 Å². The first-order chi connectivity index (χ1) is 22.2. The van der Waals surface area contributed by atoms with Crippen molar-refractivity contribution >= 4 is 28.1 Å². The normalized spacial score (nSPS) is 24.7. The molecule has 3 atom stereocenters. The first kappa shape index (κ1) is 30.6. The number of ether oxygens (including phenoxy) is 1. The summed E-state index contributed by atoms with van der Waals surface area (Å²) in [5.74, 6) is 1.56. The highest BCUT2D eigenvalue weighted by atomic mass is 32.1. The fourth-order valence-corrected chi connectivity index (χ4v) is 8.89. The maximum Gasteiger partial charge on any atom is 0.319 e. The van der Waals surface area contributed by atoms with E-state index in [0.29, 0.717) is 53.4 Å². The number of carbonyl (C=O) groups is 1. The topological polar surface area (TPSA) is 151 Å². The van der Waals surface area contributed by atoms with Crippen LogP contribution >= 0.6 is 11.3 Å². The molecule has 2 saturated heterocycles. The Bertz CT molecular complexity index is 1720. The van der Waals surface area contributed by atoms with Gasteiger partial charge in [-0.05, 0) is 85.4 Å². The largest absolute Gasteiger partial charge is 0.459 e. The number of nitrogens with two attached hydrogens (primary N) is 1. The Hall–Kier alpha value is -4.02. The molecule has 12 nitrogen and oxygen atoms in total. The van der Waals surface area contributed by atoms with E-state index in [1.807, 2.05) is 17.9 Å². The zero-order valence-electron chi connectivity index (χ0n) is 27.0. The van der Waals surface area contributed by atoms with E-state index in [2.05, 4.69) is 41.9 Å². The summed E-state index contributed by atoms with van der Waals surface area (Å²) in [6, 6.07) is 4.75. The van der Waals surface area contributed by atoms with Crippen molar-refractivity contribution < 1.29 is 14.1 Å². The number of thiophene rings is 1. The third kappa shape index (κ3) is 5.21. The molecular formula is C33H41N9O3S. The smallest absolute Gasteiger partial charge is 0.319 e. The maximum absolute atomic E-state index is 12.9. The lowest BCUT2D eigenvalue weighted by atomic mass is 9.72. The number of fused-ring (bicyclic) bond motifs is 1. The summed E-state index contributed by atoms with van der Waals surface area (Å²) in [6.45, 7) is 8.97. The van der Waals surface area contributed by atoms with E-state index in [1.54, 1.807) is 12.2 Å². The van der Waals surface area contributed by atoms with Crippen LogP contribution in [-0.4, -0.2) is 86.7 Å². The van der Waals surface area contributed by atoms with E-state index in [9.17, 15) is 10.1 Å². The van der Waals surface area contributed by atoms with Crippen LogP contribution in [0.3, 0.4) is 0 Å². The van der Waals surface area contributed by atoms with Crippen molar-refractivity contribution in [3.8, 4) is 23.6 Å². The molecule has 13 heteroatoms. The molecule has 3 aromatic heterocycles. The SMILES string of the molecule is C/C=C/C(=O)N1CCN(c2cc(-c3noc([C@@]4(C)CCCc5sc(N)c(C#N)c54)n3)nc(O[C@@H](C)[C@@H]3CCCN3C)n2)CC12CC2. The number of allylic oxidation sites excluding steroid dienone is 1. The van der Waals surface area contributed by atoms with Gasteiger partial charge in [0.05, 0.1) is 16.5 Å². The molecule has 0 unspecified atom stereocenters. The predicted octanol–water partition coefficient (Wildman–Crippen LogP) is 4.30. The summed E-state index contributed by atoms with van der Waals surface area (Å²) < 4.78 is 12.4. The summed E-state index contributed by atoms with van der Waals surface area (Å²) in [7, 11) is 2.13. The molecule has 0 bridgehead atoms. The number of hydrogen-bond acceptors (Lipinski definition) is 12. The highest BCUT2D eigenvalue weighted by molar-refractivity contribution is 7.16. The number of nitriles is 1. The van der Waals surface area contributed by atoms with Crippen LogP contribution in [0.1, 0.15) is 81.2 Å². The fourth-order valence-electron chi connectivity index (χ4n) is 7.70. The van der Waals surface area contributed by atoms with Crippen LogP contribution in [0.15, 0.2) is 22.7 Å². The minimum absolute atomic E-state index is 0.0622. The number of hydrogen-bond donors (Lipinski definition) is 1. The summed E-state index contributed by atoms with van der Waals surface area (Å²) in [5, 5.41) is 14.9. The molecule has 4 aliphatic rings. The number of anilines is 2. The summed E-state index contributed by atoms with van der Waals surface area (Å²) >= 11 is 1.48. The Kier molecular flexibility index (Phi) is 7.76. The number of nitrogens with zero attached hydrogens (tertiary/aromatic N) is 8. The van der Waals surface area contributed by atoms with Crippen molar-refractivity contribution in [3.63, 3.8) is 0 Å². The summed E-state index contributed by atoms with van der Waals surface area (Å²) in [4.78, 5) is 35.1. The molecule has 3 aromatic rings. The number of carbonyl (C=O) groups excluding carboxylic acids is 1. The van der Waals surface area contributed by atoms with Gasteiger partial charge in [0.25, 0.3) is 0 Å². The van der Waals surface area contributed by atoms with Gasteiger partial charge in [-0.15, -0.1) is 11.3 Å². The van der Waals surface area contributed by atoms with Gasteiger partial charge in [-0.3, -0.25) is 9.69 Å². The van der Waals surface area contributed by atoms with E-state index in [4.69, 9.17) is 29.9 Å². The fraction of sp³-hybridized carbons (Fsp3) is 0.576. The van der Waals surface area contributed by atoms with E-state index < -0.39 is 5.41 Å². The molecule has 1 spiro atoms. The number of rotatable bonds is 7.